The summed E-state index contributed by atoms with van der Waals surface area (Å²) in [6.07, 6.45) is 6.91. The van der Waals surface area contributed by atoms with E-state index in [1.54, 1.807) is 6.07 Å². The molecule has 3 nitrogen and oxygen atoms in total. The number of amides is 1. The molecule has 1 aromatic rings. The summed E-state index contributed by atoms with van der Waals surface area (Å²) in [5.74, 6) is -0.0250. The fourth-order valence-electron chi connectivity index (χ4n) is 2.60. The van der Waals surface area contributed by atoms with Crippen molar-refractivity contribution in [1.82, 2.24) is 9.88 Å². The second-order valence-electron chi connectivity index (χ2n) is 4.90. The normalized spacial score (nSPS) is 20.2. The van der Waals surface area contributed by atoms with E-state index in [0.717, 1.165) is 25.8 Å². The van der Waals surface area contributed by atoms with Gasteiger partial charge in [0.2, 0.25) is 0 Å². The van der Waals surface area contributed by atoms with Crippen LogP contribution in [0.15, 0.2) is 12.3 Å². The van der Waals surface area contributed by atoms with Crippen LogP contribution in [0.3, 0.4) is 0 Å². The zero-order chi connectivity index (χ0) is 13.8. The molecule has 0 radical (unpaired) electrons. The van der Waals surface area contributed by atoms with Crippen molar-refractivity contribution in [2.75, 3.05) is 6.54 Å². The lowest BCUT2D eigenvalue weighted by atomic mass is 10.1. The third kappa shape index (κ3) is 3.40. The molecule has 0 aliphatic carbocycles. The number of carbonyl (C=O) groups excluding carboxylic acids is 1. The topological polar surface area (TPSA) is 33.2 Å². The Morgan fingerprint density at radius 2 is 2.21 bits per heavy atom. The molecule has 5 heteroatoms. The molecule has 1 amide bonds. The van der Waals surface area contributed by atoms with E-state index in [4.69, 9.17) is 23.2 Å². The van der Waals surface area contributed by atoms with Gasteiger partial charge in [-0.3, -0.25) is 4.79 Å². The first-order chi connectivity index (χ1) is 9.13. The van der Waals surface area contributed by atoms with E-state index < -0.39 is 0 Å². The van der Waals surface area contributed by atoms with Crippen LogP contribution in [0.5, 0.6) is 0 Å². The minimum Gasteiger partial charge on any atom is -0.336 e. The predicted octanol–water partition coefficient (Wildman–Crippen LogP) is 4.18. The summed E-state index contributed by atoms with van der Waals surface area (Å²) >= 11 is 11.9. The van der Waals surface area contributed by atoms with Gasteiger partial charge >= 0.3 is 0 Å². The molecule has 1 saturated heterocycles. The molecule has 0 N–H and O–H groups in total. The summed E-state index contributed by atoms with van der Waals surface area (Å²) < 4.78 is 0. The summed E-state index contributed by atoms with van der Waals surface area (Å²) in [5, 5.41) is 0.670. The van der Waals surface area contributed by atoms with Gasteiger partial charge in [-0.05, 0) is 25.3 Å². The van der Waals surface area contributed by atoms with Gasteiger partial charge in [-0.15, -0.1) is 0 Å². The number of halogens is 2. The molecule has 1 aliphatic heterocycles. The molecule has 0 saturated carbocycles. The van der Waals surface area contributed by atoms with Crippen LogP contribution in [0.4, 0.5) is 0 Å². The summed E-state index contributed by atoms with van der Waals surface area (Å²) in [6, 6.07) is 1.86. The first-order valence-electron chi connectivity index (χ1n) is 6.75. The van der Waals surface area contributed by atoms with Crippen LogP contribution >= 0.6 is 23.2 Å². The second kappa shape index (κ2) is 6.58. The van der Waals surface area contributed by atoms with Crippen LogP contribution in [0.25, 0.3) is 0 Å². The van der Waals surface area contributed by atoms with Gasteiger partial charge in [-0.25, -0.2) is 4.98 Å². The number of carbonyl (C=O) groups is 1. The molecule has 1 aliphatic rings. The van der Waals surface area contributed by atoms with E-state index in [9.17, 15) is 4.79 Å². The monoisotopic (exact) mass is 300 g/mol. The van der Waals surface area contributed by atoms with Gasteiger partial charge in [0.15, 0.2) is 0 Å². The molecular weight excluding hydrogens is 283 g/mol. The molecule has 19 heavy (non-hydrogen) atoms. The van der Waals surface area contributed by atoms with Crippen molar-refractivity contribution in [3.05, 3.63) is 28.0 Å². The predicted molar refractivity (Wildman–Crippen MR) is 77.8 cm³/mol. The van der Waals surface area contributed by atoms with Crippen molar-refractivity contribution in [3.8, 4) is 0 Å². The van der Waals surface area contributed by atoms with Gasteiger partial charge in [0, 0.05) is 18.8 Å². The molecule has 1 unspecified atom stereocenters. The number of hydrogen-bond acceptors (Lipinski definition) is 2. The largest absolute Gasteiger partial charge is 0.336 e. The Morgan fingerprint density at radius 3 is 2.95 bits per heavy atom. The third-order valence-electron chi connectivity index (χ3n) is 3.66. The maximum atomic E-state index is 12.6. The number of nitrogens with zero attached hydrogens (tertiary/aromatic N) is 2. The minimum atomic E-state index is -0.0250. The summed E-state index contributed by atoms with van der Waals surface area (Å²) in [4.78, 5) is 18.5. The Hall–Kier alpha value is -0.800. The molecule has 0 spiro atoms. The smallest absolute Gasteiger partial charge is 0.255 e. The SMILES string of the molecule is CCC1CCCCCN1C(=O)c1cc(Cl)ncc1Cl. The van der Waals surface area contributed by atoms with Gasteiger partial charge in [0.1, 0.15) is 5.15 Å². The van der Waals surface area contributed by atoms with Crippen molar-refractivity contribution < 1.29 is 4.79 Å². The lowest BCUT2D eigenvalue weighted by Crippen LogP contribution is -2.39. The van der Waals surface area contributed by atoms with Crippen LogP contribution in [0.2, 0.25) is 10.2 Å². The molecule has 0 bridgehead atoms. The lowest BCUT2D eigenvalue weighted by molar-refractivity contribution is 0.0678. The maximum Gasteiger partial charge on any atom is 0.255 e. The second-order valence-corrected chi connectivity index (χ2v) is 5.69. The third-order valence-corrected chi connectivity index (χ3v) is 4.17. The number of likely N-dealkylation sites (tertiary alicyclic amines) is 1. The molecule has 1 aromatic heterocycles. The first-order valence-corrected chi connectivity index (χ1v) is 7.51. The zero-order valence-corrected chi connectivity index (χ0v) is 12.5. The Labute approximate surface area is 123 Å². The number of hydrogen-bond donors (Lipinski definition) is 0. The van der Waals surface area contributed by atoms with E-state index in [-0.39, 0.29) is 5.91 Å². The molecule has 2 rings (SSSR count). The highest BCUT2D eigenvalue weighted by Crippen LogP contribution is 2.25. The summed E-state index contributed by atoms with van der Waals surface area (Å²) in [7, 11) is 0. The quantitative estimate of drug-likeness (QED) is 0.768. The number of aromatic nitrogens is 1. The molecule has 1 atom stereocenters. The first kappa shape index (κ1) is 14.6. The van der Waals surface area contributed by atoms with Crippen molar-refractivity contribution in [1.29, 1.82) is 0 Å². The highest BCUT2D eigenvalue weighted by Gasteiger charge is 2.26. The van der Waals surface area contributed by atoms with E-state index in [2.05, 4.69) is 11.9 Å². The van der Waals surface area contributed by atoms with Crippen molar-refractivity contribution in [2.45, 2.75) is 45.1 Å². The highest BCUT2D eigenvalue weighted by molar-refractivity contribution is 6.35. The highest BCUT2D eigenvalue weighted by atomic mass is 35.5. The molecule has 0 aromatic carbocycles. The van der Waals surface area contributed by atoms with Crippen molar-refractivity contribution >= 4 is 29.1 Å². The fraction of sp³-hybridized carbons (Fsp3) is 0.571. The van der Waals surface area contributed by atoms with Gasteiger partial charge in [0.25, 0.3) is 5.91 Å². The minimum absolute atomic E-state index is 0.0250. The van der Waals surface area contributed by atoms with Crippen LogP contribution in [-0.4, -0.2) is 28.4 Å². The van der Waals surface area contributed by atoms with Gasteiger partial charge in [-0.1, -0.05) is 43.0 Å². The van der Waals surface area contributed by atoms with Gasteiger partial charge in [0.05, 0.1) is 10.6 Å². The van der Waals surface area contributed by atoms with Gasteiger partial charge < -0.3 is 4.90 Å². The summed E-state index contributed by atoms with van der Waals surface area (Å²) in [6.45, 7) is 2.92. The van der Waals surface area contributed by atoms with Crippen LogP contribution in [0, 0.1) is 0 Å². The average Bonchev–Trinajstić information content (AvgIpc) is 2.65. The van der Waals surface area contributed by atoms with E-state index in [0.29, 0.717) is 21.8 Å². The Balaban J connectivity index is 2.27. The molecule has 2 heterocycles. The Bertz CT molecular complexity index is 465. The van der Waals surface area contributed by atoms with Crippen molar-refractivity contribution in [3.63, 3.8) is 0 Å². The van der Waals surface area contributed by atoms with E-state index in [1.165, 1.54) is 19.0 Å². The standard InChI is InChI=1S/C14H18Cl2N2O/c1-2-10-6-4-3-5-7-18(10)14(19)11-8-13(16)17-9-12(11)15/h8-10H,2-7H2,1H3. The maximum absolute atomic E-state index is 12.6. The van der Waals surface area contributed by atoms with Crippen LogP contribution < -0.4 is 0 Å². The lowest BCUT2D eigenvalue weighted by Gasteiger charge is -2.29. The van der Waals surface area contributed by atoms with E-state index >= 15 is 0 Å². The van der Waals surface area contributed by atoms with Crippen molar-refractivity contribution in [2.24, 2.45) is 0 Å². The Kier molecular flexibility index (Phi) is 5.06. The zero-order valence-electron chi connectivity index (χ0n) is 11.0. The fourth-order valence-corrected chi connectivity index (χ4v) is 2.94. The number of rotatable bonds is 2. The Morgan fingerprint density at radius 1 is 1.42 bits per heavy atom. The molecule has 1 fully saturated rings. The molecule has 104 valence electrons. The van der Waals surface area contributed by atoms with E-state index in [1.807, 2.05) is 4.90 Å². The van der Waals surface area contributed by atoms with Crippen LogP contribution in [0.1, 0.15) is 49.4 Å². The van der Waals surface area contributed by atoms with Gasteiger partial charge in [-0.2, -0.15) is 0 Å². The molecular formula is C14H18Cl2N2O. The average molecular weight is 301 g/mol. The summed E-state index contributed by atoms with van der Waals surface area (Å²) in [5.41, 5.74) is 0.460. The number of pyridine rings is 1. The van der Waals surface area contributed by atoms with Crippen LogP contribution in [-0.2, 0) is 0 Å².